The third-order valence-electron chi connectivity index (χ3n) is 6.24. The summed E-state index contributed by atoms with van der Waals surface area (Å²) in [7, 11) is 1.86. The van der Waals surface area contributed by atoms with E-state index in [0.717, 1.165) is 46.7 Å². The van der Waals surface area contributed by atoms with Gasteiger partial charge in [0.25, 0.3) is 0 Å². The van der Waals surface area contributed by atoms with Crippen LogP contribution in [-0.4, -0.2) is 28.9 Å². The summed E-state index contributed by atoms with van der Waals surface area (Å²) < 4.78 is 6.21. The predicted molar refractivity (Wildman–Crippen MR) is 149 cm³/mol. The Bertz CT molecular complexity index is 1190. The molecule has 194 valence electrons. The standard InChI is InChI=1S/C32H37NO4/c1-3-4-5-6-10-16-31(34)33(2)23-27-14-11-15-28(21-27)29-19-17-25(18-20-32(35)36)22-30(29)37-24-26-12-8-7-9-13-26/h7-9,11-15,17-22H,3-6,10,16,23-24H2,1-2H3,(H,35,36)/b20-18+. The van der Waals surface area contributed by atoms with Crippen LogP contribution in [0.1, 0.15) is 62.1 Å². The van der Waals surface area contributed by atoms with E-state index in [1.165, 1.54) is 19.3 Å². The molecule has 0 aliphatic heterocycles. The number of ether oxygens (including phenoxy) is 1. The molecular formula is C32H37NO4. The Labute approximate surface area is 220 Å². The first-order valence-electron chi connectivity index (χ1n) is 13.0. The lowest BCUT2D eigenvalue weighted by atomic mass is 10.00. The van der Waals surface area contributed by atoms with Gasteiger partial charge in [-0.05, 0) is 46.9 Å². The maximum absolute atomic E-state index is 12.6. The molecule has 0 aliphatic carbocycles. The number of unbranched alkanes of at least 4 members (excludes halogenated alkanes) is 4. The van der Waals surface area contributed by atoms with E-state index >= 15 is 0 Å². The van der Waals surface area contributed by atoms with Crippen LogP contribution in [0.3, 0.4) is 0 Å². The molecule has 0 spiro atoms. The SMILES string of the molecule is CCCCCCCC(=O)N(C)Cc1cccc(-c2ccc(/C=C/C(=O)O)cc2OCc2ccccc2)c1. The number of carboxylic acids is 1. The minimum atomic E-state index is -0.997. The second-order valence-corrected chi connectivity index (χ2v) is 9.32. The van der Waals surface area contributed by atoms with Crippen molar-refractivity contribution in [3.63, 3.8) is 0 Å². The normalized spacial score (nSPS) is 11.0. The Morgan fingerprint density at radius 3 is 2.41 bits per heavy atom. The lowest BCUT2D eigenvalue weighted by Crippen LogP contribution is -2.25. The highest BCUT2D eigenvalue weighted by molar-refractivity contribution is 5.86. The molecule has 0 bridgehead atoms. The molecule has 37 heavy (non-hydrogen) atoms. The van der Waals surface area contributed by atoms with E-state index in [2.05, 4.69) is 13.0 Å². The van der Waals surface area contributed by atoms with Crippen molar-refractivity contribution in [2.45, 2.75) is 58.6 Å². The Balaban J connectivity index is 1.76. The van der Waals surface area contributed by atoms with E-state index in [0.29, 0.717) is 25.3 Å². The Kier molecular flexibility index (Phi) is 11.0. The maximum Gasteiger partial charge on any atom is 0.328 e. The quantitative estimate of drug-likeness (QED) is 0.186. The second kappa shape index (κ2) is 14.6. The molecule has 0 fully saturated rings. The van der Waals surface area contributed by atoms with E-state index in [4.69, 9.17) is 9.84 Å². The molecule has 1 amide bonds. The number of carboxylic acid groups (broad SMARTS) is 1. The molecule has 0 unspecified atom stereocenters. The van der Waals surface area contributed by atoms with Gasteiger partial charge in [-0.3, -0.25) is 4.79 Å². The summed E-state index contributed by atoms with van der Waals surface area (Å²) in [5.41, 5.74) is 4.73. The largest absolute Gasteiger partial charge is 0.488 e. The maximum atomic E-state index is 12.6. The highest BCUT2D eigenvalue weighted by Gasteiger charge is 2.12. The van der Waals surface area contributed by atoms with Crippen LogP contribution < -0.4 is 4.74 Å². The Hall–Kier alpha value is -3.86. The number of aliphatic carboxylic acids is 1. The van der Waals surface area contributed by atoms with E-state index < -0.39 is 5.97 Å². The highest BCUT2D eigenvalue weighted by atomic mass is 16.5. The summed E-state index contributed by atoms with van der Waals surface area (Å²) in [6.45, 7) is 3.13. The summed E-state index contributed by atoms with van der Waals surface area (Å²) >= 11 is 0. The smallest absolute Gasteiger partial charge is 0.328 e. The van der Waals surface area contributed by atoms with Crippen molar-refractivity contribution in [3.8, 4) is 16.9 Å². The van der Waals surface area contributed by atoms with Crippen LogP contribution in [0.4, 0.5) is 0 Å². The van der Waals surface area contributed by atoms with Gasteiger partial charge in [0.15, 0.2) is 0 Å². The minimum absolute atomic E-state index is 0.170. The molecule has 3 aromatic rings. The average molecular weight is 500 g/mol. The molecule has 0 aromatic heterocycles. The Morgan fingerprint density at radius 1 is 0.892 bits per heavy atom. The van der Waals surface area contributed by atoms with Crippen molar-refractivity contribution >= 4 is 18.0 Å². The van der Waals surface area contributed by atoms with Crippen LogP contribution in [-0.2, 0) is 22.7 Å². The fraction of sp³-hybridized carbons (Fsp3) is 0.312. The van der Waals surface area contributed by atoms with E-state index in [1.807, 2.05) is 73.8 Å². The zero-order valence-electron chi connectivity index (χ0n) is 21.9. The summed E-state index contributed by atoms with van der Waals surface area (Å²) in [4.78, 5) is 25.4. The number of amides is 1. The number of hydrogen-bond acceptors (Lipinski definition) is 3. The predicted octanol–water partition coefficient (Wildman–Crippen LogP) is 7.35. The van der Waals surface area contributed by atoms with Crippen molar-refractivity contribution in [2.75, 3.05) is 7.05 Å². The minimum Gasteiger partial charge on any atom is -0.488 e. The summed E-state index contributed by atoms with van der Waals surface area (Å²) in [5.74, 6) is -0.156. The highest BCUT2D eigenvalue weighted by Crippen LogP contribution is 2.33. The van der Waals surface area contributed by atoms with Gasteiger partial charge >= 0.3 is 5.97 Å². The number of nitrogens with zero attached hydrogens (tertiary/aromatic N) is 1. The van der Waals surface area contributed by atoms with E-state index in [9.17, 15) is 9.59 Å². The monoisotopic (exact) mass is 499 g/mol. The van der Waals surface area contributed by atoms with Crippen molar-refractivity contribution in [2.24, 2.45) is 0 Å². The Morgan fingerprint density at radius 2 is 1.65 bits per heavy atom. The first-order chi connectivity index (χ1) is 18.0. The first kappa shape index (κ1) is 27.7. The van der Waals surface area contributed by atoms with E-state index in [-0.39, 0.29) is 5.91 Å². The van der Waals surface area contributed by atoms with Crippen LogP contribution in [0.25, 0.3) is 17.2 Å². The number of carbonyl (C=O) groups excluding carboxylic acids is 1. The third kappa shape index (κ3) is 9.26. The van der Waals surface area contributed by atoms with Crippen molar-refractivity contribution in [3.05, 3.63) is 95.6 Å². The van der Waals surface area contributed by atoms with Gasteiger partial charge < -0.3 is 14.7 Å². The molecule has 0 aliphatic rings. The van der Waals surface area contributed by atoms with Gasteiger partial charge in [0.2, 0.25) is 5.91 Å². The molecule has 0 saturated carbocycles. The van der Waals surface area contributed by atoms with Crippen LogP contribution in [0.2, 0.25) is 0 Å². The second-order valence-electron chi connectivity index (χ2n) is 9.32. The van der Waals surface area contributed by atoms with E-state index in [1.54, 1.807) is 11.0 Å². The van der Waals surface area contributed by atoms with Gasteiger partial charge in [-0.1, -0.05) is 93.3 Å². The van der Waals surface area contributed by atoms with Gasteiger partial charge in [0.1, 0.15) is 12.4 Å². The van der Waals surface area contributed by atoms with Crippen LogP contribution in [0.15, 0.2) is 78.9 Å². The van der Waals surface area contributed by atoms with Gasteiger partial charge in [-0.25, -0.2) is 4.79 Å². The number of carbonyl (C=O) groups is 2. The fourth-order valence-corrected chi connectivity index (χ4v) is 4.17. The molecule has 0 heterocycles. The van der Waals surface area contributed by atoms with Crippen molar-refractivity contribution in [1.82, 2.24) is 4.90 Å². The van der Waals surface area contributed by atoms with Crippen molar-refractivity contribution < 1.29 is 19.4 Å². The molecule has 0 radical (unpaired) electrons. The van der Waals surface area contributed by atoms with Crippen LogP contribution >= 0.6 is 0 Å². The first-order valence-corrected chi connectivity index (χ1v) is 13.0. The van der Waals surface area contributed by atoms with Gasteiger partial charge in [0, 0.05) is 31.7 Å². The van der Waals surface area contributed by atoms with Gasteiger partial charge in [0.05, 0.1) is 0 Å². The summed E-state index contributed by atoms with van der Waals surface area (Å²) in [5, 5.41) is 9.01. The summed E-state index contributed by atoms with van der Waals surface area (Å²) in [6.07, 6.45) is 8.92. The molecule has 0 saturated heterocycles. The molecule has 0 atom stereocenters. The zero-order chi connectivity index (χ0) is 26.5. The average Bonchev–Trinajstić information content (AvgIpc) is 2.91. The molecular weight excluding hydrogens is 462 g/mol. The molecule has 3 aromatic carbocycles. The molecule has 5 nitrogen and oxygen atoms in total. The summed E-state index contributed by atoms with van der Waals surface area (Å²) in [6, 6.07) is 23.7. The molecule has 1 N–H and O–H groups in total. The zero-order valence-corrected chi connectivity index (χ0v) is 21.9. The van der Waals surface area contributed by atoms with Crippen LogP contribution in [0, 0.1) is 0 Å². The van der Waals surface area contributed by atoms with Gasteiger partial charge in [-0.2, -0.15) is 0 Å². The molecule has 3 rings (SSSR count). The van der Waals surface area contributed by atoms with Crippen molar-refractivity contribution in [1.29, 1.82) is 0 Å². The number of rotatable bonds is 14. The molecule has 5 heteroatoms. The lowest BCUT2D eigenvalue weighted by Gasteiger charge is -2.18. The number of hydrogen-bond donors (Lipinski definition) is 1. The lowest BCUT2D eigenvalue weighted by molar-refractivity contribution is -0.131. The third-order valence-corrected chi connectivity index (χ3v) is 6.24. The van der Waals surface area contributed by atoms with Crippen LogP contribution in [0.5, 0.6) is 5.75 Å². The topological polar surface area (TPSA) is 66.8 Å². The number of benzene rings is 3. The van der Waals surface area contributed by atoms with Gasteiger partial charge in [-0.15, -0.1) is 0 Å². The fourth-order valence-electron chi connectivity index (χ4n) is 4.17.